The van der Waals surface area contributed by atoms with Crippen LogP contribution >= 0.6 is 7.92 Å². The lowest BCUT2D eigenvalue weighted by Crippen LogP contribution is -2.75. The molecular formula is C40H31BF15OP. The lowest BCUT2D eigenvalue weighted by molar-refractivity contribution is 0.304. The molecule has 0 aromatic heterocycles. The average Bonchev–Trinajstić information content (AvgIpc) is 3.15. The van der Waals surface area contributed by atoms with Crippen molar-refractivity contribution in [2.24, 2.45) is 0 Å². The Morgan fingerprint density at radius 3 is 0.879 bits per heavy atom. The molecule has 0 radical (unpaired) electrons. The SMILES string of the molecule is Cc1cc(C)c([PH+](CCCCO[B-](c2c(F)c(F)c(F)c(F)c2F)(c2c(F)c(F)c(F)c(F)c2F)c2c(F)c(F)c(F)c(F)c2F)c2c(C)cc(C)cc2C)c(C)c1. The number of benzene rings is 5. The molecule has 58 heavy (non-hydrogen) atoms. The van der Waals surface area contributed by atoms with Gasteiger partial charge in [-0.05, 0) is 76.6 Å². The summed E-state index contributed by atoms with van der Waals surface area (Å²) < 4.78 is 232. The van der Waals surface area contributed by atoms with Crippen molar-refractivity contribution in [1.82, 2.24) is 0 Å². The van der Waals surface area contributed by atoms with E-state index in [1.165, 1.54) is 0 Å². The van der Waals surface area contributed by atoms with Crippen LogP contribution in [0.2, 0.25) is 0 Å². The van der Waals surface area contributed by atoms with Crippen molar-refractivity contribution in [2.75, 3.05) is 12.8 Å². The Hall–Kier alpha value is -4.50. The van der Waals surface area contributed by atoms with Crippen molar-refractivity contribution in [2.45, 2.75) is 54.4 Å². The molecule has 5 rings (SSSR count). The van der Waals surface area contributed by atoms with Crippen LogP contribution in [-0.4, -0.2) is 19.1 Å². The van der Waals surface area contributed by atoms with Crippen LogP contribution in [0.15, 0.2) is 24.3 Å². The van der Waals surface area contributed by atoms with E-state index in [0.717, 1.165) is 44.0 Å². The molecule has 310 valence electrons. The van der Waals surface area contributed by atoms with E-state index in [1.54, 1.807) is 0 Å². The molecule has 18 heteroatoms. The molecule has 0 saturated carbocycles. The van der Waals surface area contributed by atoms with E-state index in [2.05, 4.69) is 0 Å². The maximum absolute atomic E-state index is 15.8. The van der Waals surface area contributed by atoms with Gasteiger partial charge in [0.2, 0.25) is 6.35 Å². The number of aryl methyl sites for hydroxylation is 6. The standard InChI is InChI=1S/C40H30BF15OP/c1-15-11-17(3)39(18(4)12-15)58(40-19(5)13-16(2)14-20(40)6)10-8-7-9-57-41(21-24(42)30(48)36(54)31(49)25(21)43,22-26(44)32(50)37(55)33(51)27(22)45)23-28(46)34(52)38(56)35(53)29(23)47/h11-14H,7-10H2,1-6H3/q-1/p+1. The van der Waals surface area contributed by atoms with Crippen LogP contribution in [0.1, 0.15) is 46.2 Å². The third-order valence-corrected chi connectivity index (χ3v) is 13.7. The summed E-state index contributed by atoms with van der Waals surface area (Å²) in [5.74, 6) is -46.1. The first-order chi connectivity index (χ1) is 27.0. The Labute approximate surface area is 323 Å². The zero-order chi connectivity index (χ0) is 43.5. The minimum Gasteiger partial charge on any atom is -0.579 e. The highest BCUT2D eigenvalue weighted by molar-refractivity contribution is 7.73. The number of hydrogen-bond donors (Lipinski definition) is 0. The van der Waals surface area contributed by atoms with Gasteiger partial charge in [0.25, 0.3) is 0 Å². The quantitative estimate of drug-likeness (QED) is 0.0322. The predicted octanol–water partition coefficient (Wildman–Crippen LogP) is 9.25. The Morgan fingerprint density at radius 1 is 0.379 bits per heavy atom. The minimum atomic E-state index is -6.07. The Balaban J connectivity index is 1.77. The van der Waals surface area contributed by atoms with Crippen LogP contribution in [0.25, 0.3) is 0 Å². The third kappa shape index (κ3) is 7.26. The molecule has 0 bridgehead atoms. The fourth-order valence-corrected chi connectivity index (χ4v) is 11.5. The lowest BCUT2D eigenvalue weighted by Gasteiger charge is -2.44. The first-order valence-corrected chi connectivity index (χ1v) is 19.1. The second-order valence-electron chi connectivity index (χ2n) is 14.1. The summed E-state index contributed by atoms with van der Waals surface area (Å²) in [5, 5.41) is 1.91. The van der Waals surface area contributed by atoms with E-state index in [0.29, 0.717) is 0 Å². The summed E-state index contributed by atoms with van der Waals surface area (Å²) in [4.78, 5) is 0. The number of unbranched alkanes of at least 4 members (excludes halogenated alkanes) is 1. The molecule has 0 atom stereocenters. The van der Waals surface area contributed by atoms with Gasteiger partial charge in [-0.2, -0.15) is 0 Å². The molecule has 5 aromatic rings. The maximum atomic E-state index is 15.8. The van der Waals surface area contributed by atoms with Crippen LogP contribution < -0.4 is 27.0 Å². The Morgan fingerprint density at radius 2 is 0.621 bits per heavy atom. The zero-order valence-electron chi connectivity index (χ0n) is 31.3. The third-order valence-electron chi connectivity index (χ3n) is 10.1. The van der Waals surface area contributed by atoms with Crippen LogP contribution in [0.4, 0.5) is 65.9 Å². The van der Waals surface area contributed by atoms with Gasteiger partial charge in [0.05, 0.1) is 14.1 Å². The van der Waals surface area contributed by atoms with E-state index in [4.69, 9.17) is 4.65 Å². The summed E-state index contributed by atoms with van der Waals surface area (Å²) >= 11 is 0. The average molecular weight is 854 g/mol. The fraction of sp³-hybridized carbons (Fsp3) is 0.250. The summed E-state index contributed by atoms with van der Waals surface area (Å²) in [6.45, 7) is 9.93. The molecule has 0 fully saturated rings. The molecule has 0 spiro atoms. The minimum absolute atomic E-state index is 0.0642. The molecule has 0 aliphatic rings. The summed E-state index contributed by atoms with van der Waals surface area (Å²) in [6.07, 6.45) is -6.40. The molecule has 0 N–H and O–H groups in total. The van der Waals surface area contributed by atoms with Crippen LogP contribution in [0.3, 0.4) is 0 Å². The first kappa shape index (κ1) is 44.6. The molecule has 0 saturated heterocycles. The normalized spacial score (nSPS) is 12.0. The van der Waals surface area contributed by atoms with Crippen molar-refractivity contribution < 1.29 is 70.5 Å². The highest BCUT2D eigenvalue weighted by Crippen LogP contribution is 2.40. The molecular weight excluding hydrogens is 823 g/mol. The fourth-order valence-electron chi connectivity index (χ4n) is 7.97. The Kier molecular flexibility index (Phi) is 12.8. The second kappa shape index (κ2) is 16.6. The van der Waals surface area contributed by atoms with Gasteiger partial charge in [0.1, 0.15) is 45.5 Å². The van der Waals surface area contributed by atoms with E-state index in [1.807, 2.05) is 65.8 Å². The van der Waals surface area contributed by atoms with Gasteiger partial charge in [-0.1, -0.05) is 51.8 Å². The molecule has 1 nitrogen and oxygen atoms in total. The van der Waals surface area contributed by atoms with Crippen molar-refractivity contribution in [3.63, 3.8) is 0 Å². The maximum Gasteiger partial charge on any atom is 0.216 e. The highest BCUT2D eigenvalue weighted by atomic mass is 31.1. The molecule has 0 unspecified atom stereocenters. The van der Waals surface area contributed by atoms with E-state index < -0.39 is 131 Å². The second-order valence-corrected chi connectivity index (χ2v) is 16.5. The van der Waals surface area contributed by atoms with E-state index >= 15 is 26.3 Å². The van der Waals surface area contributed by atoms with Gasteiger partial charge in [0, 0.05) is 6.61 Å². The highest BCUT2D eigenvalue weighted by Gasteiger charge is 2.49. The summed E-state index contributed by atoms with van der Waals surface area (Å²) in [6, 6.07) is 7.74. The summed E-state index contributed by atoms with van der Waals surface area (Å²) in [7, 11) is -1.84. The van der Waals surface area contributed by atoms with Gasteiger partial charge in [-0.3, -0.25) is 0 Å². The van der Waals surface area contributed by atoms with Crippen LogP contribution in [0, 0.1) is 129 Å². The first-order valence-electron chi connectivity index (χ1n) is 17.4. The largest absolute Gasteiger partial charge is 0.579 e. The number of hydrogen-bond acceptors (Lipinski definition) is 1. The zero-order valence-corrected chi connectivity index (χ0v) is 32.3. The molecule has 0 heterocycles. The van der Waals surface area contributed by atoms with Crippen molar-refractivity contribution >= 4 is 41.3 Å². The van der Waals surface area contributed by atoms with Crippen LogP contribution in [0.5, 0.6) is 0 Å². The number of rotatable bonds is 11. The molecule has 0 aliphatic carbocycles. The van der Waals surface area contributed by atoms with Gasteiger partial charge in [-0.25, -0.2) is 65.9 Å². The topological polar surface area (TPSA) is 9.23 Å². The number of halogens is 15. The monoisotopic (exact) mass is 854 g/mol. The lowest BCUT2D eigenvalue weighted by atomic mass is 9.27. The van der Waals surface area contributed by atoms with E-state index in [-0.39, 0.29) is 12.6 Å². The summed E-state index contributed by atoms with van der Waals surface area (Å²) in [5.41, 5.74) is -2.89. The Bertz CT molecular complexity index is 2130. The van der Waals surface area contributed by atoms with Gasteiger partial charge >= 0.3 is 0 Å². The van der Waals surface area contributed by atoms with Gasteiger partial charge in [-0.15, -0.1) is 0 Å². The van der Waals surface area contributed by atoms with Crippen molar-refractivity contribution in [3.05, 3.63) is 145 Å². The van der Waals surface area contributed by atoms with Crippen molar-refractivity contribution in [1.29, 1.82) is 0 Å². The van der Waals surface area contributed by atoms with Crippen molar-refractivity contribution in [3.8, 4) is 0 Å². The van der Waals surface area contributed by atoms with Crippen LogP contribution in [-0.2, 0) is 4.65 Å². The predicted molar refractivity (Wildman–Crippen MR) is 192 cm³/mol. The van der Waals surface area contributed by atoms with E-state index in [9.17, 15) is 39.5 Å². The van der Waals surface area contributed by atoms with Gasteiger partial charge in [0.15, 0.2) is 52.4 Å². The molecule has 5 aromatic carbocycles. The smallest absolute Gasteiger partial charge is 0.216 e. The molecule has 0 amide bonds. The van der Waals surface area contributed by atoms with Gasteiger partial charge < -0.3 is 4.65 Å². The molecule has 0 aliphatic heterocycles.